The molecule has 0 radical (unpaired) electrons. The Morgan fingerprint density at radius 3 is 2.50 bits per heavy atom. The number of hydrogen-bond donors (Lipinski definition) is 0. The predicted molar refractivity (Wildman–Crippen MR) is 68.2 cm³/mol. The summed E-state index contributed by atoms with van der Waals surface area (Å²) in [6.07, 6.45) is 0. The first-order valence-corrected chi connectivity index (χ1v) is 6.33. The highest BCUT2D eigenvalue weighted by Crippen LogP contribution is 2.15. The predicted octanol–water partition coefficient (Wildman–Crippen LogP) is 3.29. The Kier molecular flexibility index (Phi) is 4.65. The number of hydrogen-bond acceptors (Lipinski definition) is 2. The second kappa shape index (κ2) is 5.80. The number of fused-ring (bicyclic) bond motifs is 1. The van der Waals surface area contributed by atoms with Crippen LogP contribution >= 0.6 is 22.6 Å². The van der Waals surface area contributed by atoms with Gasteiger partial charge in [-0.3, -0.25) is 0 Å². The van der Waals surface area contributed by atoms with Gasteiger partial charge in [0.05, 0.1) is 12.6 Å². The molecule has 1 heterocycles. The van der Waals surface area contributed by atoms with Crippen LogP contribution < -0.4 is 4.74 Å². The van der Waals surface area contributed by atoms with E-state index in [1.54, 1.807) is 7.11 Å². The molecule has 0 aliphatic rings. The van der Waals surface area contributed by atoms with E-state index in [0.717, 1.165) is 10.9 Å². The molecule has 0 atom stereocenters. The monoisotopic (exact) mass is 301 g/mol. The minimum atomic E-state index is 0.661. The van der Waals surface area contributed by atoms with E-state index in [1.165, 1.54) is 0 Å². The minimum Gasteiger partial charge on any atom is -0.481 e. The molecular formula is C11H12INO. The van der Waals surface area contributed by atoms with Gasteiger partial charge in [-0.2, -0.15) is 0 Å². The largest absolute Gasteiger partial charge is 0.481 e. The number of aromatic nitrogens is 1. The van der Waals surface area contributed by atoms with Crippen LogP contribution in [0.5, 0.6) is 5.88 Å². The molecule has 0 saturated heterocycles. The molecule has 1 aromatic carbocycles. The summed E-state index contributed by atoms with van der Waals surface area (Å²) in [5.74, 6) is 0.661. The van der Waals surface area contributed by atoms with E-state index in [1.807, 2.05) is 41.3 Å². The summed E-state index contributed by atoms with van der Waals surface area (Å²) in [6.45, 7) is 0. The fourth-order valence-corrected chi connectivity index (χ4v) is 1.16. The first kappa shape index (κ1) is 11.2. The van der Waals surface area contributed by atoms with E-state index in [9.17, 15) is 0 Å². The number of halogens is 1. The normalized spacial score (nSPS) is 9.07. The molecular weight excluding hydrogens is 289 g/mol. The lowest BCUT2D eigenvalue weighted by Crippen LogP contribution is -1.86. The topological polar surface area (TPSA) is 22.1 Å². The molecule has 0 spiro atoms. The number of alkyl halides is 1. The van der Waals surface area contributed by atoms with E-state index in [2.05, 4.69) is 27.6 Å². The van der Waals surface area contributed by atoms with Gasteiger partial charge >= 0.3 is 0 Å². The first-order chi connectivity index (χ1) is 6.90. The Labute approximate surface area is 97.4 Å². The smallest absolute Gasteiger partial charge is 0.213 e. The highest BCUT2D eigenvalue weighted by molar-refractivity contribution is 14.1. The summed E-state index contributed by atoms with van der Waals surface area (Å²) in [5, 5.41) is 1.14. The van der Waals surface area contributed by atoms with Crippen LogP contribution in [-0.2, 0) is 0 Å². The highest BCUT2D eigenvalue weighted by Gasteiger charge is 1.94. The van der Waals surface area contributed by atoms with Gasteiger partial charge in [-0.25, -0.2) is 4.98 Å². The quantitative estimate of drug-likeness (QED) is 0.595. The summed E-state index contributed by atoms with van der Waals surface area (Å²) in [4.78, 5) is 6.24. The molecule has 0 saturated carbocycles. The Balaban J connectivity index is 0.000000461. The lowest BCUT2D eigenvalue weighted by molar-refractivity contribution is 0.399. The summed E-state index contributed by atoms with van der Waals surface area (Å²) >= 11 is 2.15. The van der Waals surface area contributed by atoms with Crippen LogP contribution in [0.25, 0.3) is 10.9 Å². The second-order valence-corrected chi connectivity index (χ2v) is 2.55. The fraction of sp³-hybridized carbons (Fsp3) is 0.182. The Bertz CT molecular complexity index is 403. The number of methoxy groups -OCH3 is 1. The number of nitrogens with zero attached hydrogens (tertiary/aromatic N) is 1. The third-order valence-corrected chi connectivity index (χ3v) is 1.78. The maximum Gasteiger partial charge on any atom is 0.213 e. The fourth-order valence-electron chi connectivity index (χ4n) is 1.16. The molecule has 0 aliphatic carbocycles. The van der Waals surface area contributed by atoms with Gasteiger partial charge in [0.15, 0.2) is 0 Å². The van der Waals surface area contributed by atoms with Crippen LogP contribution in [0.4, 0.5) is 0 Å². The molecule has 3 heteroatoms. The minimum absolute atomic E-state index is 0.661. The highest BCUT2D eigenvalue weighted by atomic mass is 127. The van der Waals surface area contributed by atoms with Gasteiger partial charge in [-0.1, -0.05) is 40.8 Å². The molecule has 0 bridgehead atoms. The Hall–Kier alpha value is -0.840. The molecule has 0 aliphatic heterocycles. The van der Waals surface area contributed by atoms with Crippen molar-refractivity contribution in [2.24, 2.45) is 0 Å². The maximum atomic E-state index is 5.01. The first-order valence-electron chi connectivity index (χ1n) is 4.18. The van der Waals surface area contributed by atoms with Crippen LogP contribution in [-0.4, -0.2) is 17.0 Å². The SMILES string of the molecule is CI.COc1ccc2ccccc2n1. The van der Waals surface area contributed by atoms with E-state index < -0.39 is 0 Å². The van der Waals surface area contributed by atoms with Crippen molar-refractivity contribution in [2.45, 2.75) is 0 Å². The zero-order chi connectivity index (χ0) is 10.4. The van der Waals surface area contributed by atoms with E-state index in [0.29, 0.717) is 5.88 Å². The Morgan fingerprint density at radius 1 is 1.07 bits per heavy atom. The van der Waals surface area contributed by atoms with E-state index in [4.69, 9.17) is 4.74 Å². The molecule has 0 amide bonds. The van der Waals surface area contributed by atoms with Crippen LogP contribution in [0.2, 0.25) is 0 Å². The van der Waals surface area contributed by atoms with Gasteiger partial charge in [0.1, 0.15) is 0 Å². The zero-order valence-corrected chi connectivity index (χ0v) is 10.4. The van der Waals surface area contributed by atoms with Gasteiger partial charge in [0.25, 0.3) is 0 Å². The Morgan fingerprint density at radius 2 is 1.79 bits per heavy atom. The lowest BCUT2D eigenvalue weighted by atomic mass is 10.2. The average Bonchev–Trinajstić information content (AvgIpc) is 2.31. The van der Waals surface area contributed by atoms with E-state index >= 15 is 0 Å². The van der Waals surface area contributed by atoms with E-state index in [-0.39, 0.29) is 0 Å². The van der Waals surface area contributed by atoms with Crippen molar-refractivity contribution in [3.05, 3.63) is 36.4 Å². The van der Waals surface area contributed by atoms with Crippen molar-refractivity contribution in [1.29, 1.82) is 0 Å². The molecule has 14 heavy (non-hydrogen) atoms. The summed E-state index contributed by atoms with van der Waals surface area (Å²) < 4.78 is 5.01. The second-order valence-electron chi connectivity index (χ2n) is 2.55. The summed E-state index contributed by atoms with van der Waals surface area (Å²) in [6, 6.07) is 11.8. The van der Waals surface area contributed by atoms with Crippen molar-refractivity contribution in [1.82, 2.24) is 4.98 Å². The van der Waals surface area contributed by atoms with Crippen molar-refractivity contribution in [3.63, 3.8) is 0 Å². The number of benzene rings is 1. The molecule has 0 fully saturated rings. The number of rotatable bonds is 1. The summed E-state index contributed by atoms with van der Waals surface area (Å²) in [7, 11) is 1.62. The molecule has 74 valence electrons. The maximum absolute atomic E-state index is 5.01. The van der Waals surface area contributed by atoms with Gasteiger partial charge < -0.3 is 4.74 Å². The van der Waals surface area contributed by atoms with Crippen LogP contribution in [0.3, 0.4) is 0 Å². The molecule has 2 aromatic rings. The molecule has 2 nitrogen and oxygen atoms in total. The molecule has 1 aromatic heterocycles. The van der Waals surface area contributed by atoms with Crippen molar-refractivity contribution in [3.8, 4) is 5.88 Å². The number of pyridine rings is 1. The zero-order valence-electron chi connectivity index (χ0n) is 8.20. The van der Waals surface area contributed by atoms with Crippen molar-refractivity contribution >= 4 is 33.5 Å². The number of para-hydroxylation sites is 1. The molecule has 0 unspecified atom stereocenters. The van der Waals surface area contributed by atoms with Crippen molar-refractivity contribution in [2.75, 3.05) is 12.0 Å². The van der Waals surface area contributed by atoms with Gasteiger partial charge in [-0.15, -0.1) is 0 Å². The van der Waals surface area contributed by atoms with Gasteiger partial charge in [0, 0.05) is 11.5 Å². The van der Waals surface area contributed by atoms with Gasteiger partial charge in [0.2, 0.25) is 5.88 Å². The summed E-state index contributed by atoms with van der Waals surface area (Å²) in [5.41, 5.74) is 0.969. The number of ether oxygens (including phenoxy) is 1. The lowest BCUT2D eigenvalue weighted by Gasteiger charge is -1.99. The molecule has 2 rings (SSSR count). The average molecular weight is 301 g/mol. The van der Waals surface area contributed by atoms with Crippen LogP contribution in [0, 0.1) is 0 Å². The van der Waals surface area contributed by atoms with Crippen LogP contribution in [0.15, 0.2) is 36.4 Å². The third kappa shape index (κ3) is 2.57. The van der Waals surface area contributed by atoms with Crippen LogP contribution in [0.1, 0.15) is 0 Å². The molecule has 0 N–H and O–H groups in total. The standard InChI is InChI=1S/C10H9NO.CH3I/c1-12-10-7-6-8-4-2-3-5-9(8)11-10;1-2/h2-7H,1H3;1H3. The third-order valence-electron chi connectivity index (χ3n) is 1.78. The van der Waals surface area contributed by atoms with Gasteiger partial charge in [-0.05, 0) is 17.1 Å². The van der Waals surface area contributed by atoms with Crippen molar-refractivity contribution < 1.29 is 4.74 Å².